The number of imidazole rings is 1. The molecule has 28 heavy (non-hydrogen) atoms. The fourth-order valence-corrected chi connectivity index (χ4v) is 2.69. The number of hydrogen-bond acceptors (Lipinski definition) is 5. The average Bonchev–Trinajstić information content (AvgIpc) is 3.00. The van der Waals surface area contributed by atoms with Gasteiger partial charge in [-0.3, -0.25) is 14.9 Å². The van der Waals surface area contributed by atoms with Gasteiger partial charge >= 0.3 is 6.18 Å². The highest BCUT2D eigenvalue weighted by atomic mass is 19.4. The number of non-ortho nitro benzene ring substituents is 1. The Balaban J connectivity index is 1.94. The van der Waals surface area contributed by atoms with Gasteiger partial charge in [0.05, 0.1) is 28.8 Å². The zero-order chi connectivity index (χ0) is 20.5. The van der Waals surface area contributed by atoms with Crippen LogP contribution in [-0.4, -0.2) is 27.5 Å². The van der Waals surface area contributed by atoms with Crippen LogP contribution in [0.1, 0.15) is 5.82 Å². The monoisotopic (exact) mass is 394 g/mol. The zero-order valence-corrected chi connectivity index (χ0v) is 14.4. The fraction of sp³-hybridized carbons (Fsp3) is 0.176. The Kier molecular flexibility index (Phi) is 4.91. The molecule has 0 bridgehead atoms. The van der Waals surface area contributed by atoms with E-state index in [2.05, 4.69) is 10.3 Å². The van der Waals surface area contributed by atoms with Crippen LogP contribution in [0.3, 0.4) is 0 Å². The lowest BCUT2D eigenvalue weighted by molar-refractivity contribution is -0.384. The van der Waals surface area contributed by atoms with Crippen molar-refractivity contribution in [3.63, 3.8) is 0 Å². The summed E-state index contributed by atoms with van der Waals surface area (Å²) in [5, 5.41) is 13.3. The molecule has 0 atom stereocenters. The molecule has 2 aromatic carbocycles. The van der Waals surface area contributed by atoms with Crippen LogP contribution < -0.4 is 10.1 Å². The molecule has 0 aliphatic carbocycles. The number of anilines is 1. The number of benzene rings is 2. The Labute approximate surface area is 155 Å². The molecule has 11 heteroatoms. The molecule has 0 radical (unpaired) electrons. The van der Waals surface area contributed by atoms with E-state index in [0.717, 1.165) is 10.6 Å². The molecule has 0 unspecified atom stereocenters. The first-order chi connectivity index (χ1) is 13.2. The van der Waals surface area contributed by atoms with E-state index in [0.29, 0.717) is 0 Å². The number of halogens is 3. The smallest absolute Gasteiger partial charge is 0.449 e. The van der Waals surface area contributed by atoms with Crippen LogP contribution in [0, 0.1) is 10.1 Å². The first kappa shape index (κ1) is 19.1. The Morgan fingerprint density at radius 3 is 2.64 bits per heavy atom. The lowest BCUT2D eigenvalue weighted by atomic mass is 10.2. The topological polar surface area (TPSA) is 99.3 Å². The van der Waals surface area contributed by atoms with Crippen molar-refractivity contribution in [2.24, 2.45) is 0 Å². The van der Waals surface area contributed by atoms with Crippen molar-refractivity contribution < 1.29 is 27.6 Å². The van der Waals surface area contributed by atoms with E-state index in [9.17, 15) is 28.1 Å². The van der Waals surface area contributed by atoms with Crippen molar-refractivity contribution in [1.82, 2.24) is 9.55 Å². The van der Waals surface area contributed by atoms with Crippen LogP contribution >= 0.6 is 0 Å². The summed E-state index contributed by atoms with van der Waals surface area (Å²) in [5.74, 6) is -1.91. The van der Waals surface area contributed by atoms with E-state index in [1.165, 1.54) is 43.5 Å². The second-order valence-electron chi connectivity index (χ2n) is 5.70. The van der Waals surface area contributed by atoms with Crippen LogP contribution in [0.5, 0.6) is 5.75 Å². The number of hydrogen-bond donors (Lipinski definition) is 1. The molecule has 3 aromatic rings. The molecule has 1 aromatic heterocycles. The molecule has 0 aliphatic heterocycles. The van der Waals surface area contributed by atoms with Gasteiger partial charge in [0, 0.05) is 12.1 Å². The van der Waals surface area contributed by atoms with Gasteiger partial charge < -0.3 is 14.6 Å². The number of nitro benzene ring substituents is 1. The zero-order valence-electron chi connectivity index (χ0n) is 14.4. The van der Waals surface area contributed by atoms with Crippen molar-refractivity contribution in [3.05, 3.63) is 58.4 Å². The second kappa shape index (κ2) is 7.18. The van der Waals surface area contributed by atoms with E-state index >= 15 is 0 Å². The van der Waals surface area contributed by atoms with Crippen LogP contribution in [0.2, 0.25) is 0 Å². The molecule has 0 saturated heterocycles. The number of amides is 1. The van der Waals surface area contributed by atoms with Gasteiger partial charge in [-0.2, -0.15) is 13.2 Å². The molecule has 0 spiro atoms. The van der Waals surface area contributed by atoms with Gasteiger partial charge in [0.2, 0.25) is 11.7 Å². The molecule has 0 fully saturated rings. The first-order valence-corrected chi connectivity index (χ1v) is 7.85. The highest BCUT2D eigenvalue weighted by Crippen LogP contribution is 2.32. The summed E-state index contributed by atoms with van der Waals surface area (Å²) in [6.45, 7) is -0.693. The predicted octanol–water partition coefficient (Wildman–Crippen LogP) is 3.61. The number of nitro groups is 1. The van der Waals surface area contributed by atoms with Gasteiger partial charge in [-0.05, 0) is 18.2 Å². The van der Waals surface area contributed by atoms with Crippen LogP contribution in [0.15, 0.2) is 42.5 Å². The van der Waals surface area contributed by atoms with E-state index < -0.39 is 29.4 Å². The third-order valence-electron chi connectivity index (χ3n) is 3.88. The summed E-state index contributed by atoms with van der Waals surface area (Å²) in [7, 11) is 1.29. The molecule has 0 aliphatic rings. The summed E-state index contributed by atoms with van der Waals surface area (Å²) in [6, 6.07) is 9.41. The summed E-state index contributed by atoms with van der Waals surface area (Å²) in [6.07, 6.45) is -4.76. The number of alkyl halides is 3. The molecule has 1 N–H and O–H groups in total. The van der Waals surface area contributed by atoms with Gasteiger partial charge in [-0.25, -0.2) is 4.98 Å². The molecule has 0 saturated carbocycles. The predicted molar refractivity (Wildman–Crippen MR) is 93.0 cm³/mol. The maximum atomic E-state index is 13.3. The Morgan fingerprint density at radius 2 is 2.00 bits per heavy atom. The minimum absolute atomic E-state index is 0.0281. The summed E-state index contributed by atoms with van der Waals surface area (Å²) in [4.78, 5) is 26.2. The molecule has 146 valence electrons. The molecular formula is C17H13F3N4O4. The largest absolute Gasteiger partial charge is 0.495 e. The average molecular weight is 394 g/mol. The van der Waals surface area contributed by atoms with Crippen molar-refractivity contribution in [2.75, 3.05) is 12.4 Å². The van der Waals surface area contributed by atoms with Crippen LogP contribution in [-0.2, 0) is 17.5 Å². The number of nitrogens with one attached hydrogen (secondary N) is 1. The second-order valence-corrected chi connectivity index (χ2v) is 5.70. The fourth-order valence-electron chi connectivity index (χ4n) is 2.69. The number of aromatic nitrogens is 2. The van der Waals surface area contributed by atoms with Gasteiger partial charge in [-0.1, -0.05) is 12.1 Å². The van der Waals surface area contributed by atoms with E-state index in [1.807, 2.05) is 0 Å². The lowest BCUT2D eigenvalue weighted by Crippen LogP contribution is -2.23. The van der Waals surface area contributed by atoms with Crippen molar-refractivity contribution in [3.8, 4) is 5.75 Å². The third kappa shape index (κ3) is 3.72. The lowest BCUT2D eigenvalue weighted by Gasteiger charge is -2.13. The van der Waals surface area contributed by atoms with Gasteiger partial charge in [0.25, 0.3) is 5.69 Å². The molecule has 1 amide bonds. The highest BCUT2D eigenvalue weighted by Gasteiger charge is 2.38. The van der Waals surface area contributed by atoms with E-state index in [-0.39, 0.29) is 28.2 Å². The molecule has 8 nitrogen and oxygen atoms in total. The van der Waals surface area contributed by atoms with Gasteiger partial charge in [0.1, 0.15) is 12.3 Å². The van der Waals surface area contributed by atoms with E-state index in [1.54, 1.807) is 0 Å². The molecule has 1 heterocycles. The number of rotatable bonds is 5. The molecular weight excluding hydrogens is 381 g/mol. The minimum atomic E-state index is -4.76. The maximum Gasteiger partial charge on any atom is 0.449 e. The summed E-state index contributed by atoms with van der Waals surface area (Å²) < 4.78 is 45.7. The standard InChI is InChI=1S/C17H13F3N4O4/c1-28-14-7-6-10(24(26)27)8-12(14)21-15(25)9-23-13-5-3-2-4-11(13)22-16(23)17(18,19)20/h2-8H,9H2,1H3,(H,21,25). The van der Waals surface area contributed by atoms with Crippen molar-refractivity contribution in [2.45, 2.75) is 12.7 Å². The number of nitrogens with zero attached hydrogens (tertiary/aromatic N) is 3. The van der Waals surface area contributed by atoms with Crippen LogP contribution in [0.25, 0.3) is 11.0 Å². The van der Waals surface area contributed by atoms with Crippen molar-refractivity contribution in [1.29, 1.82) is 0 Å². The maximum absolute atomic E-state index is 13.3. The minimum Gasteiger partial charge on any atom is -0.495 e. The number of carbonyl (C=O) groups excluding carboxylic acids is 1. The Bertz CT molecular complexity index is 1060. The number of para-hydroxylation sites is 2. The normalized spacial score (nSPS) is 11.4. The summed E-state index contributed by atoms with van der Waals surface area (Å²) >= 11 is 0. The Hall–Kier alpha value is -3.63. The molecule has 3 rings (SSSR count). The van der Waals surface area contributed by atoms with Crippen LogP contribution in [0.4, 0.5) is 24.5 Å². The van der Waals surface area contributed by atoms with Crippen molar-refractivity contribution >= 4 is 28.3 Å². The number of ether oxygens (including phenoxy) is 1. The number of methoxy groups -OCH3 is 1. The SMILES string of the molecule is COc1ccc([N+](=O)[O-])cc1NC(=O)Cn1c(C(F)(F)F)nc2ccccc21. The van der Waals surface area contributed by atoms with Gasteiger partial charge in [0.15, 0.2) is 0 Å². The van der Waals surface area contributed by atoms with E-state index in [4.69, 9.17) is 4.74 Å². The first-order valence-electron chi connectivity index (χ1n) is 7.85. The highest BCUT2D eigenvalue weighted by molar-refractivity contribution is 5.93. The number of fused-ring (bicyclic) bond motifs is 1. The third-order valence-corrected chi connectivity index (χ3v) is 3.88. The number of carbonyl (C=O) groups is 1. The quantitative estimate of drug-likeness (QED) is 0.526. The van der Waals surface area contributed by atoms with Gasteiger partial charge in [-0.15, -0.1) is 0 Å². The summed E-state index contributed by atoms with van der Waals surface area (Å²) in [5.41, 5.74) is -0.105. The Morgan fingerprint density at radius 1 is 1.29 bits per heavy atom.